The van der Waals surface area contributed by atoms with Crippen molar-refractivity contribution >= 4 is 33.6 Å². The lowest BCUT2D eigenvalue weighted by Gasteiger charge is -2.26. The molecule has 0 saturated carbocycles. The smallest absolute Gasteiger partial charge is 0.410 e. The number of hydrogen-bond acceptors (Lipinski definition) is 4. The van der Waals surface area contributed by atoms with Crippen molar-refractivity contribution in [2.75, 3.05) is 20.2 Å². The molecule has 1 aromatic rings. The van der Waals surface area contributed by atoms with Crippen LogP contribution in [0.15, 0.2) is 22.7 Å². The Bertz CT molecular complexity index is 499. The summed E-state index contributed by atoms with van der Waals surface area (Å²) in [5.74, 6) is 0.540. The van der Waals surface area contributed by atoms with E-state index in [9.17, 15) is 9.90 Å². The van der Waals surface area contributed by atoms with Gasteiger partial charge in [0.05, 0.1) is 6.54 Å². The number of hydrogen-bond donors (Lipinski definition) is 1. The van der Waals surface area contributed by atoms with Gasteiger partial charge in [-0.3, -0.25) is 0 Å². The summed E-state index contributed by atoms with van der Waals surface area (Å²) < 4.78 is 11.5. The topological polar surface area (TPSA) is 59.0 Å². The van der Waals surface area contributed by atoms with Crippen LogP contribution in [0.2, 0.25) is 5.02 Å². The molecule has 0 fully saturated rings. The second kappa shape index (κ2) is 8.04. The van der Waals surface area contributed by atoms with Crippen molar-refractivity contribution in [1.82, 2.24) is 4.90 Å². The predicted molar refractivity (Wildman–Crippen MR) is 89.5 cm³/mol. The van der Waals surface area contributed by atoms with E-state index in [1.54, 1.807) is 46.0 Å². The lowest BCUT2D eigenvalue weighted by atomic mass is 10.2. The van der Waals surface area contributed by atoms with Crippen LogP contribution in [0.4, 0.5) is 4.79 Å². The molecule has 0 aliphatic rings. The number of carbonyl (C=O) groups excluding carboxylic acids is 1. The molecule has 1 rings (SSSR count). The summed E-state index contributed by atoms with van der Waals surface area (Å²) in [6.45, 7) is 5.51. The number of aliphatic hydroxyl groups excluding tert-OH is 1. The molecular weight excluding hydrogens is 374 g/mol. The van der Waals surface area contributed by atoms with E-state index >= 15 is 0 Å². The van der Waals surface area contributed by atoms with Crippen molar-refractivity contribution in [1.29, 1.82) is 0 Å². The quantitative estimate of drug-likeness (QED) is 0.827. The van der Waals surface area contributed by atoms with Gasteiger partial charge in [0, 0.05) is 16.5 Å². The molecule has 1 unspecified atom stereocenters. The van der Waals surface area contributed by atoms with Crippen molar-refractivity contribution < 1.29 is 19.4 Å². The normalized spacial score (nSPS) is 12.7. The standard InChI is InChI=1S/C15H21BrClNO4/c1-15(2,3)22-14(20)18(4)8-12(19)9-21-13-6-10(16)5-11(17)7-13/h5-7,12,19H,8-9H2,1-4H3. The van der Waals surface area contributed by atoms with Crippen LogP contribution in [0, 0.1) is 0 Å². The summed E-state index contributed by atoms with van der Waals surface area (Å²) in [4.78, 5) is 13.1. The Morgan fingerprint density at radius 1 is 1.41 bits per heavy atom. The number of rotatable bonds is 5. The Kier molecular flexibility index (Phi) is 6.97. The molecule has 5 nitrogen and oxygen atoms in total. The SMILES string of the molecule is CN(CC(O)COc1cc(Cl)cc(Br)c1)C(=O)OC(C)(C)C. The van der Waals surface area contributed by atoms with Gasteiger partial charge < -0.3 is 19.5 Å². The fraction of sp³-hybridized carbons (Fsp3) is 0.533. The van der Waals surface area contributed by atoms with Gasteiger partial charge in [0.15, 0.2) is 0 Å². The number of ether oxygens (including phenoxy) is 2. The van der Waals surface area contributed by atoms with Gasteiger partial charge in [-0.05, 0) is 39.0 Å². The molecule has 7 heteroatoms. The number of benzene rings is 1. The highest BCUT2D eigenvalue weighted by Crippen LogP contribution is 2.24. The number of nitrogens with zero attached hydrogens (tertiary/aromatic N) is 1. The Morgan fingerprint density at radius 2 is 2.05 bits per heavy atom. The molecule has 22 heavy (non-hydrogen) atoms. The minimum atomic E-state index is -0.838. The van der Waals surface area contributed by atoms with Crippen LogP contribution in [0.5, 0.6) is 5.75 Å². The van der Waals surface area contributed by atoms with E-state index in [1.807, 2.05) is 0 Å². The average molecular weight is 395 g/mol. The molecule has 0 saturated heterocycles. The molecule has 1 N–H and O–H groups in total. The van der Waals surface area contributed by atoms with Crippen LogP contribution in [0.3, 0.4) is 0 Å². The van der Waals surface area contributed by atoms with Crippen LogP contribution in [-0.4, -0.2) is 48.0 Å². The second-order valence-corrected chi connectivity index (χ2v) is 7.28. The summed E-state index contributed by atoms with van der Waals surface area (Å²) in [6, 6.07) is 5.13. The minimum absolute atomic E-state index is 0.0416. The first-order valence-electron chi connectivity index (χ1n) is 6.78. The van der Waals surface area contributed by atoms with Gasteiger partial charge in [-0.15, -0.1) is 0 Å². The molecule has 1 atom stereocenters. The maximum absolute atomic E-state index is 11.8. The molecule has 0 aliphatic heterocycles. The summed E-state index contributed by atoms with van der Waals surface area (Å²) in [6.07, 6.45) is -1.33. The zero-order valence-corrected chi connectivity index (χ0v) is 15.4. The van der Waals surface area contributed by atoms with E-state index in [0.717, 1.165) is 4.47 Å². The van der Waals surface area contributed by atoms with Crippen molar-refractivity contribution in [3.05, 3.63) is 27.7 Å². The van der Waals surface area contributed by atoms with Crippen molar-refractivity contribution in [3.8, 4) is 5.75 Å². The summed E-state index contributed by atoms with van der Waals surface area (Å²) in [5.41, 5.74) is -0.570. The van der Waals surface area contributed by atoms with Gasteiger partial charge in [-0.25, -0.2) is 4.79 Å². The molecular formula is C15H21BrClNO4. The van der Waals surface area contributed by atoms with Gasteiger partial charge in [0.25, 0.3) is 0 Å². The summed E-state index contributed by atoms with van der Waals surface area (Å²) in [5, 5.41) is 10.5. The molecule has 0 spiro atoms. The Labute approximate surface area is 144 Å². The van der Waals surface area contributed by atoms with Gasteiger partial charge in [0.2, 0.25) is 0 Å². The van der Waals surface area contributed by atoms with E-state index in [2.05, 4.69) is 15.9 Å². The van der Waals surface area contributed by atoms with Crippen LogP contribution in [0.25, 0.3) is 0 Å². The Balaban J connectivity index is 2.45. The zero-order chi connectivity index (χ0) is 16.9. The van der Waals surface area contributed by atoms with E-state index in [-0.39, 0.29) is 13.2 Å². The molecule has 0 aromatic heterocycles. The highest BCUT2D eigenvalue weighted by molar-refractivity contribution is 9.10. The first-order valence-corrected chi connectivity index (χ1v) is 7.95. The van der Waals surface area contributed by atoms with E-state index in [4.69, 9.17) is 21.1 Å². The Morgan fingerprint density at radius 3 is 2.59 bits per heavy atom. The van der Waals surface area contributed by atoms with Crippen LogP contribution in [-0.2, 0) is 4.74 Å². The van der Waals surface area contributed by atoms with E-state index < -0.39 is 17.8 Å². The van der Waals surface area contributed by atoms with Crippen molar-refractivity contribution in [3.63, 3.8) is 0 Å². The fourth-order valence-electron chi connectivity index (χ4n) is 1.59. The monoisotopic (exact) mass is 393 g/mol. The number of amides is 1. The Hall–Kier alpha value is -0.980. The molecule has 0 aliphatic carbocycles. The molecule has 0 radical (unpaired) electrons. The third-order valence-corrected chi connectivity index (χ3v) is 3.14. The van der Waals surface area contributed by atoms with Gasteiger partial charge in [0.1, 0.15) is 24.1 Å². The van der Waals surface area contributed by atoms with Gasteiger partial charge in [-0.2, -0.15) is 0 Å². The molecule has 1 amide bonds. The third-order valence-electron chi connectivity index (χ3n) is 2.47. The summed E-state index contributed by atoms with van der Waals surface area (Å²) >= 11 is 9.22. The van der Waals surface area contributed by atoms with Crippen molar-refractivity contribution in [2.24, 2.45) is 0 Å². The fourth-order valence-corrected chi connectivity index (χ4v) is 2.42. The number of likely N-dealkylation sites (N-methyl/N-ethyl adjacent to an activating group) is 1. The first-order chi connectivity index (χ1) is 10.1. The molecule has 1 aromatic carbocycles. The van der Waals surface area contributed by atoms with Crippen LogP contribution in [0.1, 0.15) is 20.8 Å². The second-order valence-electron chi connectivity index (χ2n) is 5.93. The maximum atomic E-state index is 11.8. The first kappa shape index (κ1) is 19.1. The highest BCUT2D eigenvalue weighted by Gasteiger charge is 2.21. The predicted octanol–water partition coefficient (Wildman–Crippen LogP) is 3.71. The van der Waals surface area contributed by atoms with E-state index in [1.165, 1.54) is 4.90 Å². The molecule has 0 bridgehead atoms. The molecule has 124 valence electrons. The average Bonchev–Trinajstić information content (AvgIpc) is 2.33. The van der Waals surface area contributed by atoms with Gasteiger partial charge in [-0.1, -0.05) is 27.5 Å². The number of halogens is 2. The largest absolute Gasteiger partial charge is 0.491 e. The van der Waals surface area contributed by atoms with Crippen LogP contribution < -0.4 is 4.74 Å². The zero-order valence-electron chi connectivity index (χ0n) is 13.1. The lowest BCUT2D eigenvalue weighted by Crippen LogP contribution is -2.40. The van der Waals surface area contributed by atoms with E-state index in [0.29, 0.717) is 10.8 Å². The third kappa shape index (κ3) is 7.33. The van der Waals surface area contributed by atoms with Crippen LogP contribution >= 0.6 is 27.5 Å². The van der Waals surface area contributed by atoms with Gasteiger partial charge >= 0.3 is 6.09 Å². The lowest BCUT2D eigenvalue weighted by molar-refractivity contribution is 0.0154. The number of aliphatic hydroxyl groups is 1. The highest BCUT2D eigenvalue weighted by atomic mass is 79.9. The minimum Gasteiger partial charge on any atom is -0.491 e. The maximum Gasteiger partial charge on any atom is 0.410 e. The molecule has 0 heterocycles. The van der Waals surface area contributed by atoms with Crippen molar-refractivity contribution in [2.45, 2.75) is 32.5 Å². The number of carbonyl (C=O) groups is 1. The summed E-state index contributed by atoms with van der Waals surface area (Å²) in [7, 11) is 1.56.